The summed E-state index contributed by atoms with van der Waals surface area (Å²) in [5.41, 5.74) is 1.27. The fourth-order valence-corrected chi connectivity index (χ4v) is 8.48. The van der Waals surface area contributed by atoms with Gasteiger partial charge in [-0.2, -0.15) is 0 Å². The van der Waals surface area contributed by atoms with E-state index in [1.165, 1.54) is 57.0 Å². The summed E-state index contributed by atoms with van der Waals surface area (Å²) >= 11 is 7.03. The Balaban J connectivity index is 1.32. The van der Waals surface area contributed by atoms with Crippen LogP contribution in [-0.2, 0) is 16.0 Å². The summed E-state index contributed by atoms with van der Waals surface area (Å²) in [5.74, 6) is 3.06. The molecule has 4 aliphatic carbocycles. The molecule has 1 aromatic heterocycles. The van der Waals surface area contributed by atoms with Gasteiger partial charge in [-0.15, -0.1) is 0 Å². The van der Waals surface area contributed by atoms with E-state index < -0.39 is 5.97 Å². The van der Waals surface area contributed by atoms with Gasteiger partial charge in [0.1, 0.15) is 27.3 Å². The quantitative estimate of drug-likeness (QED) is 0.341. The van der Waals surface area contributed by atoms with Crippen LogP contribution >= 0.6 is 24.0 Å². The Kier molecular flexibility index (Phi) is 6.31. The molecule has 2 N–H and O–H groups in total. The van der Waals surface area contributed by atoms with E-state index >= 15 is 0 Å². The number of phenols is 1. The van der Waals surface area contributed by atoms with Crippen LogP contribution in [-0.4, -0.2) is 44.5 Å². The minimum atomic E-state index is -0.916. The van der Waals surface area contributed by atoms with Crippen molar-refractivity contribution < 1.29 is 29.0 Å². The molecule has 194 valence electrons. The predicted molar refractivity (Wildman–Crippen MR) is 144 cm³/mol. The number of thioether (sulfide) groups is 1. The second kappa shape index (κ2) is 9.51. The number of aliphatic carboxylic acids is 1. The highest BCUT2D eigenvalue weighted by Crippen LogP contribution is 2.56. The van der Waals surface area contributed by atoms with E-state index in [-0.39, 0.29) is 30.5 Å². The number of nitrogens with zero attached hydrogens (tertiary/aromatic N) is 1. The van der Waals surface area contributed by atoms with E-state index in [0.29, 0.717) is 49.5 Å². The number of carbonyl (C=O) groups excluding carboxylic acids is 1. The van der Waals surface area contributed by atoms with E-state index in [0.717, 1.165) is 11.8 Å². The van der Waals surface area contributed by atoms with Crippen molar-refractivity contribution in [2.24, 2.45) is 23.7 Å². The predicted octanol–water partition coefficient (Wildman–Crippen LogP) is 5.70. The van der Waals surface area contributed by atoms with Gasteiger partial charge in [-0.1, -0.05) is 24.0 Å². The van der Waals surface area contributed by atoms with E-state index in [2.05, 4.69) is 0 Å². The van der Waals surface area contributed by atoms with E-state index in [1.54, 1.807) is 24.3 Å². The summed E-state index contributed by atoms with van der Waals surface area (Å²) in [4.78, 5) is 27.4. The van der Waals surface area contributed by atoms with Gasteiger partial charge >= 0.3 is 5.97 Å². The van der Waals surface area contributed by atoms with Crippen LogP contribution in [0.2, 0.25) is 0 Å². The number of ether oxygens (including phenoxy) is 1. The summed E-state index contributed by atoms with van der Waals surface area (Å²) in [7, 11) is 1.51. The Morgan fingerprint density at radius 1 is 1.16 bits per heavy atom. The Hall–Kier alpha value is -2.78. The normalized spacial score (nSPS) is 29.5. The highest BCUT2D eigenvalue weighted by atomic mass is 32.2. The Morgan fingerprint density at radius 3 is 2.51 bits per heavy atom. The highest BCUT2D eigenvalue weighted by Gasteiger charge is 2.53. The zero-order valence-corrected chi connectivity index (χ0v) is 22.1. The van der Waals surface area contributed by atoms with Gasteiger partial charge in [0, 0.05) is 30.2 Å². The molecule has 0 spiro atoms. The van der Waals surface area contributed by atoms with E-state index in [4.69, 9.17) is 21.4 Å². The van der Waals surface area contributed by atoms with Crippen molar-refractivity contribution in [1.29, 1.82) is 0 Å². The molecule has 37 heavy (non-hydrogen) atoms. The molecule has 1 aliphatic heterocycles. The Morgan fingerprint density at radius 2 is 1.86 bits per heavy atom. The molecule has 7 rings (SSSR count). The maximum Gasteiger partial charge on any atom is 0.303 e. The molecule has 1 saturated heterocycles. The summed E-state index contributed by atoms with van der Waals surface area (Å²) in [6.07, 6.45) is 8.02. The van der Waals surface area contributed by atoms with Crippen molar-refractivity contribution in [2.45, 2.75) is 51.0 Å². The summed E-state index contributed by atoms with van der Waals surface area (Å²) in [6, 6.07) is 6.73. The van der Waals surface area contributed by atoms with Crippen LogP contribution in [0.15, 0.2) is 33.6 Å². The number of phenolic OH excluding ortho intramolecular Hbond substituents is 1. The summed E-state index contributed by atoms with van der Waals surface area (Å²) in [5, 5.41) is 19.3. The van der Waals surface area contributed by atoms with Crippen molar-refractivity contribution >= 4 is 46.3 Å². The van der Waals surface area contributed by atoms with Crippen molar-refractivity contribution in [3.63, 3.8) is 0 Å². The molecule has 0 atom stereocenters. The number of furan rings is 1. The lowest BCUT2D eigenvalue weighted by Gasteiger charge is -2.56. The van der Waals surface area contributed by atoms with Crippen LogP contribution in [0.3, 0.4) is 0 Å². The summed E-state index contributed by atoms with van der Waals surface area (Å²) < 4.78 is 12.0. The highest BCUT2D eigenvalue weighted by molar-refractivity contribution is 8.26. The molecule has 0 radical (unpaired) electrons. The lowest BCUT2D eigenvalue weighted by atomic mass is 9.54. The van der Waals surface area contributed by atoms with Gasteiger partial charge in [-0.05, 0) is 86.0 Å². The van der Waals surface area contributed by atoms with Crippen LogP contribution < -0.4 is 4.74 Å². The molecule has 4 saturated carbocycles. The third kappa shape index (κ3) is 4.56. The SMILES string of the molecule is COc1cc(O)cc(-c2cc(CCC(=O)O)c(C=C3SC(=S)N(C4C5CC6CC(C5)CC4C6)C3=O)o2)c1. The lowest BCUT2D eigenvalue weighted by Crippen LogP contribution is -2.57. The largest absolute Gasteiger partial charge is 0.508 e. The molecule has 7 nitrogen and oxygen atoms in total. The van der Waals surface area contributed by atoms with Crippen molar-refractivity contribution in [3.8, 4) is 22.8 Å². The number of amides is 1. The number of thiocarbonyl (C=S) groups is 1. The van der Waals surface area contributed by atoms with Gasteiger partial charge in [0.05, 0.1) is 12.0 Å². The van der Waals surface area contributed by atoms with Gasteiger partial charge in [0.2, 0.25) is 0 Å². The minimum absolute atomic E-state index is 0.0240. The van der Waals surface area contributed by atoms with Crippen molar-refractivity contribution in [2.75, 3.05) is 7.11 Å². The van der Waals surface area contributed by atoms with Crippen LogP contribution in [0.5, 0.6) is 11.5 Å². The van der Waals surface area contributed by atoms with Gasteiger partial charge in [0.25, 0.3) is 5.91 Å². The molecule has 4 bridgehead atoms. The molecular weight excluding hydrogens is 510 g/mol. The molecule has 2 aromatic rings. The number of hydrogen-bond donors (Lipinski definition) is 2. The van der Waals surface area contributed by atoms with E-state index in [1.807, 2.05) is 4.90 Å². The van der Waals surface area contributed by atoms with Gasteiger partial charge in [-0.3, -0.25) is 14.5 Å². The first kappa shape index (κ1) is 24.6. The Labute approximate surface area is 224 Å². The standard InChI is InChI=1S/C28H29NO6S2/c1-34-21-10-17(9-20(30)12-21)22-11-16(2-3-25(31)32)23(35-22)13-24-27(33)29(28(36)37-24)26-18-5-14-4-15(7-18)8-19(26)6-14/h9-15,18-19,26,30H,2-8H2,1H3,(H,31,32). The number of hydrogen-bond acceptors (Lipinski definition) is 7. The first-order valence-electron chi connectivity index (χ1n) is 12.8. The monoisotopic (exact) mass is 539 g/mol. The maximum atomic E-state index is 13.7. The topological polar surface area (TPSA) is 100 Å². The molecule has 5 fully saturated rings. The number of carbonyl (C=O) groups is 2. The number of methoxy groups -OCH3 is 1. The lowest BCUT2D eigenvalue weighted by molar-refractivity contribution is -0.137. The van der Waals surface area contributed by atoms with Crippen LogP contribution in [0.1, 0.15) is 49.8 Å². The van der Waals surface area contributed by atoms with E-state index in [9.17, 15) is 19.8 Å². The number of carboxylic acid groups (broad SMARTS) is 1. The maximum absolute atomic E-state index is 13.7. The number of carboxylic acids is 1. The van der Waals surface area contributed by atoms with Crippen LogP contribution in [0, 0.1) is 23.7 Å². The smallest absolute Gasteiger partial charge is 0.303 e. The molecule has 2 heterocycles. The third-order valence-corrected chi connectivity index (χ3v) is 9.75. The Bertz CT molecular complexity index is 1290. The molecule has 1 amide bonds. The fraction of sp³-hybridized carbons (Fsp3) is 0.464. The molecule has 1 aromatic carbocycles. The molecule has 9 heteroatoms. The van der Waals surface area contributed by atoms with Gasteiger partial charge < -0.3 is 19.4 Å². The van der Waals surface area contributed by atoms with Crippen LogP contribution in [0.4, 0.5) is 0 Å². The van der Waals surface area contributed by atoms with Gasteiger partial charge in [0.15, 0.2) is 0 Å². The number of benzene rings is 1. The second-order valence-corrected chi connectivity index (χ2v) is 12.5. The van der Waals surface area contributed by atoms with Crippen molar-refractivity contribution in [1.82, 2.24) is 4.90 Å². The minimum Gasteiger partial charge on any atom is -0.508 e. The number of aromatic hydroxyl groups is 1. The average molecular weight is 540 g/mol. The first-order chi connectivity index (χ1) is 17.8. The zero-order valence-electron chi connectivity index (χ0n) is 20.5. The molecule has 5 aliphatic rings. The van der Waals surface area contributed by atoms with Gasteiger partial charge in [-0.25, -0.2) is 0 Å². The fourth-order valence-electron chi connectivity index (χ4n) is 7.16. The first-order valence-corrected chi connectivity index (χ1v) is 14.0. The molecular formula is C28H29NO6S2. The molecule has 0 unspecified atom stereocenters. The second-order valence-electron chi connectivity index (χ2n) is 10.8. The zero-order chi connectivity index (χ0) is 25.8. The third-order valence-electron chi connectivity index (χ3n) is 8.42. The summed E-state index contributed by atoms with van der Waals surface area (Å²) in [6.45, 7) is 0. The van der Waals surface area contributed by atoms with Crippen LogP contribution in [0.25, 0.3) is 17.4 Å². The average Bonchev–Trinajstić information content (AvgIpc) is 3.37. The number of aryl methyl sites for hydroxylation is 1. The van der Waals surface area contributed by atoms with Crippen molar-refractivity contribution in [3.05, 3.63) is 40.5 Å². The number of rotatable bonds is 7.